The molecule has 2 heterocycles. The minimum absolute atomic E-state index is 0.483. The van der Waals surface area contributed by atoms with E-state index in [0.717, 1.165) is 44.8 Å². The zero-order valence-corrected chi connectivity index (χ0v) is 14.9. The van der Waals surface area contributed by atoms with E-state index in [1.807, 2.05) is 12.1 Å². The van der Waals surface area contributed by atoms with Crippen LogP contribution in [0.25, 0.3) is 10.2 Å². The van der Waals surface area contributed by atoms with Gasteiger partial charge in [0, 0.05) is 39.3 Å². The molecule has 1 aromatic heterocycles. The molecule has 1 fully saturated rings. The van der Waals surface area contributed by atoms with E-state index in [1.165, 1.54) is 16.0 Å². The van der Waals surface area contributed by atoms with Gasteiger partial charge in [-0.2, -0.15) is 0 Å². The van der Waals surface area contributed by atoms with Crippen LogP contribution in [0.1, 0.15) is 5.01 Å². The zero-order chi connectivity index (χ0) is 16.3. The van der Waals surface area contributed by atoms with Gasteiger partial charge >= 0.3 is 0 Å². The van der Waals surface area contributed by atoms with E-state index in [1.54, 1.807) is 11.3 Å². The molecule has 23 heavy (non-hydrogen) atoms. The number of para-hydroxylation sites is 1. The number of thiazole rings is 1. The molecule has 0 amide bonds. The highest BCUT2D eigenvalue weighted by atomic mass is 32.2. The van der Waals surface area contributed by atoms with Crippen molar-refractivity contribution in [3.8, 4) is 0 Å². The molecule has 3 rings (SSSR count). The standard InChI is InChI=1S/C15H22N4O2S2/c1-23(20,21)16-6-7-18-8-10-19(11-9-18)12-15-17-13-4-2-3-5-14(13)22-15/h2-5,16H,6-12H2,1H3. The summed E-state index contributed by atoms with van der Waals surface area (Å²) < 4.78 is 25.9. The predicted molar refractivity (Wildman–Crippen MR) is 94.2 cm³/mol. The minimum atomic E-state index is -3.08. The molecule has 6 nitrogen and oxygen atoms in total. The van der Waals surface area contributed by atoms with E-state index >= 15 is 0 Å². The number of nitrogens with one attached hydrogen (secondary N) is 1. The Bertz CT molecular complexity index is 719. The summed E-state index contributed by atoms with van der Waals surface area (Å²) in [6, 6.07) is 8.24. The Hall–Kier alpha value is -1.06. The van der Waals surface area contributed by atoms with Crippen molar-refractivity contribution in [2.45, 2.75) is 6.54 Å². The van der Waals surface area contributed by atoms with Gasteiger partial charge in [-0.15, -0.1) is 11.3 Å². The van der Waals surface area contributed by atoms with Gasteiger partial charge in [0.2, 0.25) is 10.0 Å². The number of benzene rings is 1. The van der Waals surface area contributed by atoms with Crippen LogP contribution < -0.4 is 4.72 Å². The SMILES string of the molecule is CS(=O)(=O)NCCN1CCN(Cc2nc3ccccc3s2)CC1. The second-order valence-corrected chi connectivity index (χ2v) is 8.81. The summed E-state index contributed by atoms with van der Waals surface area (Å²) in [6.45, 7) is 6.07. The summed E-state index contributed by atoms with van der Waals surface area (Å²) in [7, 11) is -3.08. The largest absolute Gasteiger partial charge is 0.299 e. The van der Waals surface area contributed by atoms with Crippen molar-refractivity contribution in [2.24, 2.45) is 0 Å². The van der Waals surface area contributed by atoms with Crippen LogP contribution in [0, 0.1) is 0 Å². The van der Waals surface area contributed by atoms with Crippen molar-refractivity contribution in [1.29, 1.82) is 0 Å². The molecule has 1 aromatic carbocycles. The minimum Gasteiger partial charge on any atom is -0.299 e. The van der Waals surface area contributed by atoms with E-state index in [4.69, 9.17) is 0 Å². The molecule has 1 aliphatic heterocycles. The van der Waals surface area contributed by atoms with Crippen LogP contribution in [-0.4, -0.2) is 68.7 Å². The Labute approximate surface area is 141 Å². The van der Waals surface area contributed by atoms with Gasteiger partial charge < -0.3 is 0 Å². The van der Waals surface area contributed by atoms with Crippen molar-refractivity contribution >= 4 is 31.6 Å². The first-order valence-corrected chi connectivity index (χ1v) is 10.4. The number of rotatable bonds is 6. The second-order valence-electron chi connectivity index (χ2n) is 5.86. The van der Waals surface area contributed by atoms with E-state index in [9.17, 15) is 8.42 Å². The molecule has 0 radical (unpaired) electrons. The number of hydrogen-bond donors (Lipinski definition) is 1. The van der Waals surface area contributed by atoms with Crippen molar-refractivity contribution in [1.82, 2.24) is 19.5 Å². The zero-order valence-electron chi connectivity index (χ0n) is 13.2. The summed E-state index contributed by atoms with van der Waals surface area (Å²) in [4.78, 5) is 9.40. The van der Waals surface area contributed by atoms with Gasteiger partial charge in [0.1, 0.15) is 5.01 Å². The topological polar surface area (TPSA) is 65.5 Å². The quantitative estimate of drug-likeness (QED) is 0.837. The first kappa shape index (κ1) is 16.8. The van der Waals surface area contributed by atoms with Crippen LogP contribution in [0.3, 0.4) is 0 Å². The van der Waals surface area contributed by atoms with Gasteiger partial charge in [-0.3, -0.25) is 9.80 Å². The molecule has 1 saturated heterocycles. The second kappa shape index (κ2) is 7.23. The van der Waals surface area contributed by atoms with Gasteiger partial charge in [-0.05, 0) is 12.1 Å². The van der Waals surface area contributed by atoms with Crippen LogP contribution in [0.4, 0.5) is 0 Å². The Balaban J connectivity index is 1.45. The Morgan fingerprint density at radius 3 is 2.57 bits per heavy atom. The van der Waals surface area contributed by atoms with E-state index in [2.05, 4.69) is 31.6 Å². The fourth-order valence-corrected chi connectivity index (χ4v) is 4.21. The van der Waals surface area contributed by atoms with Crippen LogP contribution in [0.15, 0.2) is 24.3 Å². The third-order valence-corrected chi connectivity index (χ3v) is 5.70. The highest BCUT2D eigenvalue weighted by Crippen LogP contribution is 2.22. The smallest absolute Gasteiger partial charge is 0.208 e. The maximum absolute atomic E-state index is 11.1. The lowest BCUT2D eigenvalue weighted by molar-refractivity contribution is 0.129. The lowest BCUT2D eigenvalue weighted by Gasteiger charge is -2.34. The van der Waals surface area contributed by atoms with E-state index in [0.29, 0.717) is 6.54 Å². The molecule has 1 aliphatic rings. The maximum atomic E-state index is 11.1. The summed E-state index contributed by atoms with van der Waals surface area (Å²) in [6.07, 6.45) is 1.20. The van der Waals surface area contributed by atoms with Crippen molar-refractivity contribution in [3.05, 3.63) is 29.3 Å². The van der Waals surface area contributed by atoms with Crippen molar-refractivity contribution in [2.75, 3.05) is 45.5 Å². The summed E-state index contributed by atoms with van der Waals surface area (Å²) in [5.41, 5.74) is 1.08. The number of nitrogens with zero attached hydrogens (tertiary/aromatic N) is 3. The molecule has 0 aliphatic carbocycles. The lowest BCUT2D eigenvalue weighted by Crippen LogP contribution is -2.47. The summed E-state index contributed by atoms with van der Waals surface area (Å²) in [5, 5.41) is 1.17. The number of hydrogen-bond acceptors (Lipinski definition) is 6. The molecule has 0 bridgehead atoms. The predicted octanol–water partition coefficient (Wildman–Crippen LogP) is 0.963. The monoisotopic (exact) mass is 354 g/mol. The molecule has 126 valence electrons. The van der Waals surface area contributed by atoms with Crippen LogP contribution in [0.2, 0.25) is 0 Å². The first-order chi connectivity index (χ1) is 11.0. The van der Waals surface area contributed by atoms with E-state index in [-0.39, 0.29) is 0 Å². The first-order valence-electron chi connectivity index (χ1n) is 7.73. The van der Waals surface area contributed by atoms with Crippen molar-refractivity contribution in [3.63, 3.8) is 0 Å². The highest BCUT2D eigenvalue weighted by molar-refractivity contribution is 7.88. The molecular weight excluding hydrogens is 332 g/mol. The molecule has 0 unspecified atom stereocenters. The average Bonchev–Trinajstić information content (AvgIpc) is 2.90. The molecule has 0 spiro atoms. The Morgan fingerprint density at radius 1 is 1.17 bits per heavy atom. The fourth-order valence-electron chi connectivity index (χ4n) is 2.74. The normalized spacial score (nSPS) is 17.8. The van der Waals surface area contributed by atoms with Gasteiger partial charge in [-0.1, -0.05) is 12.1 Å². The number of aromatic nitrogens is 1. The molecule has 1 N–H and O–H groups in total. The summed E-state index contributed by atoms with van der Waals surface area (Å²) >= 11 is 1.77. The fraction of sp³-hybridized carbons (Fsp3) is 0.533. The van der Waals surface area contributed by atoms with Crippen LogP contribution in [0.5, 0.6) is 0 Å². The molecule has 2 aromatic rings. The van der Waals surface area contributed by atoms with Gasteiger partial charge in [0.05, 0.1) is 23.0 Å². The van der Waals surface area contributed by atoms with Crippen LogP contribution >= 0.6 is 11.3 Å². The lowest BCUT2D eigenvalue weighted by atomic mass is 10.3. The maximum Gasteiger partial charge on any atom is 0.208 e. The van der Waals surface area contributed by atoms with Gasteiger partial charge in [0.25, 0.3) is 0 Å². The molecule has 0 atom stereocenters. The van der Waals surface area contributed by atoms with Crippen molar-refractivity contribution < 1.29 is 8.42 Å². The molecule has 8 heteroatoms. The highest BCUT2D eigenvalue weighted by Gasteiger charge is 2.18. The van der Waals surface area contributed by atoms with E-state index < -0.39 is 10.0 Å². The number of piperazine rings is 1. The Morgan fingerprint density at radius 2 is 1.87 bits per heavy atom. The third-order valence-electron chi connectivity index (χ3n) is 3.95. The average molecular weight is 355 g/mol. The van der Waals surface area contributed by atoms with Crippen LogP contribution in [-0.2, 0) is 16.6 Å². The van der Waals surface area contributed by atoms with Gasteiger partial charge in [-0.25, -0.2) is 18.1 Å². The number of sulfonamides is 1. The molecule has 0 saturated carbocycles. The molecular formula is C15H22N4O2S2. The number of fused-ring (bicyclic) bond motifs is 1. The van der Waals surface area contributed by atoms with Gasteiger partial charge in [0.15, 0.2) is 0 Å². The summed E-state index contributed by atoms with van der Waals surface area (Å²) in [5.74, 6) is 0. The third kappa shape index (κ3) is 4.95. The Kier molecular flexibility index (Phi) is 5.27.